The molecule has 1 fully saturated rings. The van der Waals surface area contributed by atoms with Gasteiger partial charge < -0.3 is 19.3 Å². The van der Waals surface area contributed by atoms with Gasteiger partial charge in [0.25, 0.3) is 5.91 Å². The van der Waals surface area contributed by atoms with E-state index in [-0.39, 0.29) is 24.7 Å². The van der Waals surface area contributed by atoms with E-state index in [2.05, 4.69) is 0 Å². The number of aliphatic hydroxyl groups excluding tert-OH is 1. The van der Waals surface area contributed by atoms with Gasteiger partial charge in [0.15, 0.2) is 0 Å². The third kappa shape index (κ3) is 2.62. The van der Waals surface area contributed by atoms with Gasteiger partial charge in [0, 0.05) is 19.8 Å². The molecule has 0 aromatic carbocycles. The molecule has 2 unspecified atom stereocenters. The van der Waals surface area contributed by atoms with Crippen LogP contribution in [0.3, 0.4) is 0 Å². The fourth-order valence-corrected chi connectivity index (χ4v) is 2.20. The molecule has 2 rings (SSSR count). The summed E-state index contributed by atoms with van der Waals surface area (Å²) in [5.41, 5.74) is 0.937. The average molecular weight is 263 g/mol. The maximum absolute atomic E-state index is 12.5. The largest absolute Gasteiger partial charge is 0.394 e. The Morgan fingerprint density at radius 2 is 2.42 bits per heavy atom. The summed E-state index contributed by atoms with van der Waals surface area (Å²) in [7, 11) is 1.74. The van der Waals surface area contributed by atoms with Crippen LogP contribution in [0.5, 0.6) is 0 Å². The summed E-state index contributed by atoms with van der Waals surface area (Å²) < 4.78 is 7.06. The Balaban J connectivity index is 2.22. The van der Waals surface area contributed by atoms with E-state index in [1.807, 2.05) is 13.0 Å². The van der Waals surface area contributed by atoms with E-state index in [0.717, 1.165) is 0 Å². The van der Waals surface area contributed by atoms with E-state index in [1.54, 1.807) is 28.8 Å². The first-order valence-corrected chi connectivity index (χ1v) is 6.16. The molecule has 1 aliphatic heterocycles. The van der Waals surface area contributed by atoms with Gasteiger partial charge in [0.1, 0.15) is 11.8 Å². The van der Waals surface area contributed by atoms with Crippen LogP contribution < -0.4 is 0 Å². The third-order valence-electron chi connectivity index (χ3n) is 3.32. The van der Waals surface area contributed by atoms with Crippen molar-refractivity contribution in [1.29, 1.82) is 5.26 Å². The summed E-state index contributed by atoms with van der Waals surface area (Å²) in [6, 6.07) is 3.56. The Labute approximate surface area is 111 Å². The Morgan fingerprint density at radius 1 is 1.68 bits per heavy atom. The van der Waals surface area contributed by atoms with E-state index in [9.17, 15) is 4.79 Å². The predicted octanol–water partition coefficient (Wildman–Crippen LogP) is 0.119. The number of morpholine rings is 1. The SMILES string of the molecule is CC1COC(CO)CN1C(=O)c1cc(C#N)cn1C. The van der Waals surface area contributed by atoms with Crippen LogP contribution in [0.2, 0.25) is 0 Å². The topological polar surface area (TPSA) is 78.5 Å². The Hall–Kier alpha value is -1.84. The lowest BCUT2D eigenvalue weighted by molar-refractivity contribution is -0.0669. The number of nitrogens with zero attached hydrogens (tertiary/aromatic N) is 3. The standard InChI is InChI=1S/C13H17N3O3/c1-9-8-19-11(7-17)6-16(9)13(18)12-3-10(4-14)5-15(12)2/h3,5,9,11,17H,6-8H2,1-2H3. The normalized spacial score (nSPS) is 23.2. The number of aromatic nitrogens is 1. The lowest BCUT2D eigenvalue weighted by Gasteiger charge is -2.37. The van der Waals surface area contributed by atoms with E-state index >= 15 is 0 Å². The summed E-state index contributed by atoms with van der Waals surface area (Å²) in [6.45, 7) is 2.57. The van der Waals surface area contributed by atoms with E-state index in [4.69, 9.17) is 15.1 Å². The Kier molecular flexibility index (Phi) is 3.88. The van der Waals surface area contributed by atoms with Gasteiger partial charge in [-0.05, 0) is 13.0 Å². The summed E-state index contributed by atoms with van der Waals surface area (Å²) in [5, 5.41) is 18.0. The molecule has 0 bridgehead atoms. The van der Waals surface area contributed by atoms with Crippen LogP contribution in [-0.2, 0) is 11.8 Å². The van der Waals surface area contributed by atoms with Gasteiger partial charge in [0.2, 0.25) is 0 Å². The first kappa shape index (κ1) is 13.6. The van der Waals surface area contributed by atoms with Gasteiger partial charge >= 0.3 is 0 Å². The molecule has 0 aliphatic carbocycles. The molecule has 1 aromatic heterocycles. The van der Waals surface area contributed by atoms with Crippen molar-refractivity contribution < 1.29 is 14.6 Å². The molecule has 1 aromatic rings. The Bertz CT molecular complexity index is 518. The van der Waals surface area contributed by atoms with Gasteiger partial charge in [-0.3, -0.25) is 4.79 Å². The minimum Gasteiger partial charge on any atom is -0.394 e. The van der Waals surface area contributed by atoms with Crippen molar-refractivity contribution in [1.82, 2.24) is 9.47 Å². The van der Waals surface area contributed by atoms with Crippen LogP contribution in [0, 0.1) is 11.3 Å². The zero-order chi connectivity index (χ0) is 14.0. The first-order chi connectivity index (χ1) is 9.06. The van der Waals surface area contributed by atoms with Crippen LogP contribution in [-0.4, -0.2) is 52.4 Å². The van der Waals surface area contributed by atoms with Gasteiger partial charge in [-0.25, -0.2) is 0 Å². The number of carbonyl (C=O) groups excluding carboxylic acids is 1. The molecule has 19 heavy (non-hydrogen) atoms. The number of aliphatic hydroxyl groups is 1. The molecule has 1 saturated heterocycles. The molecule has 1 amide bonds. The number of carbonyl (C=O) groups is 1. The Morgan fingerprint density at radius 3 is 3.00 bits per heavy atom. The van der Waals surface area contributed by atoms with Crippen molar-refractivity contribution in [2.45, 2.75) is 19.1 Å². The van der Waals surface area contributed by atoms with Crippen molar-refractivity contribution in [3.05, 3.63) is 23.5 Å². The van der Waals surface area contributed by atoms with Crippen LogP contribution in [0.15, 0.2) is 12.3 Å². The van der Waals surface area contributed by atoms with E-state index in [0.29, 0.717) is 24.4 Å². The molecule has 0 saturated carbocycles. The number of hydrogen-bond donors (Lipinski definition) is 1. The minimum absolute atomic E-state index is 0.0456. The number of ether oxygens (including phenoxy) is 1. The van der Waals surface area contributed by atoms with Gasteiger partial charge in [0.05, 0.1) is 30.9 Å². The second-order valence-electron chi connectivity index (χ2n) is 4.78. The van der Waals surface area contributed by atoms with Crippen molar-refractivity contribution in [3.63, 3.8) is 0 Å². The molecule has 2 atom stereocenters. The molecule has 0 radical (unpaired) electrons. The average Bonchev–Trinajstić information content (AvgIpc) is 2.80. The van der Waals surface area contributed by atoms with Crippen LogP contribution in [0.25, 0.3) is 0 Å². The third-order valence-corrected chi connectivity index (χ3v) is 3.32. The highest BCUT2D eigenvalue weighted by molar-refractivity contribution is 5.93. The summed E-state index contributed by atoms with van der Waals surface area (Å²) in [5.74, 6) is -0.141. The molecule has 6 nitrogen and oxygen atoms in total. The number of amides is 1. The predicted molar refractivity (Wildman–Crippen MR) is 67.5 cm³/mol. The zero-order valence-electron chi connectivity index (χ0n) is 11.0. The maximum Gasteiger partial charge on any atom is 0.270 e. The number of hydrogen-bond acceptors (Lipinski definition) is 4. The number of rotatable bonds is 2. The van der Waals surface area contributed by atoms with E-state index in [1.165, 1.54) is 0 Å². The molecule has 102 valence electrons. The number of nitriles is 1. The fourth-order valence-electron chi connectivity index (χ4n) is 2.20. The highest BCUT2D eigenvalue weighted by atomic mass is 16.5. The van der Waals surface area contributed by atoms with Gasteiger partial charge in [-0.1, -0.05) is 0 Å². The first-order valence-electron chi connectivity index (χ1n) is 6.16. The monoisotopic (exact) mass is 263 g/mol. The summed E-state index contributed by atoms with van der Waals surface area (Å²) in [6.07, 6.45) is 1.29. The lowest BCUT2D eigenvalue weighted by Crippen LogP contribution is -2.52. The highest BCUT2D eigenvalue weighted by Gasteiger charge is 2.31. The van der Waals surface area contributed by atoms with Crippen LogP contribution in [0.4, 0.5) is 0 Å². The molecule has 1 N–H and O–H groups in total. The smallest absolute Gasteiger partial charge is 0.270 e. The second kappa shape index (κ2) is 5.43. The zero-order valence-corrected chi connectivity index (χ0v) is 11.0. The van der Waals surface area contributed by atoms with Crippen molar-refractivity contribution in [2.75, 3.05) is 19.8 Å². The fraction of sp³-hybridized carbons (Fsp3) is 0.538. The van der Waals surface area contributed by atoms with E-state index < -0.39 is 0 Å². The molecule has 0 spiro atoms. The molecule has 2 heterocycles. The van der Waals surface area contributed by atoms with Crippen LogP contribution >= 0.6 is 0 Å². The molecular formula is C13H17N3O3. The summed E-state index contributed by atoms with van der Waals surface area (Å²) in [4.78, 5) is 14.2. The quantitative estimate of drug-likeness (QED) is 0.822. The highest BCUT2D eigenvalue weighted by Crippen LogP contribution is 2.16. The van der Waals surface area contributed by atoms with Crippen molar-refractivity contribution in [2.24, 2.45) is 7.05 Å². The lowest BCUT2D eigenvalue weighted by atomic mass is 10.2. The number of aryl methyl sites for hydroxylation is 1. The van der Waals surface area contributed by atoms with Gasteiger partial charge in [-0.2, -0.15) is 5.26 Å². The molecular weight excluding hydrogens is 246 g/mol. The van der Waals surface area contributed by atoms with Gasteiger partial charge in [-0.15, -0.1) is 0 Å². The van der Waals surface area contributed by atoms with Crippen molar-refractivity contribution in [3.8, 4) is 6.07 Å². The summed E-state index contributed by atoms with van der Waals surface area (Å²) >= 11 is 0. The maximum atomic E-state index is 12.5. The molecule has 1 aliphatic rings. The molecule has 6 heteroatoms. The minimum atomic E-state index is -0.337. The second-order valence-corrected chi connectivity index (χ2v) is 4.78. The van der Waals surface area contributed by atoms with Crippen molar-refractivity contribution >= 4 is 5.91 Å². The van der Waals surface area contributed by atoms with Crippen LogP contribution in [0.1, 0.15) is 23.0 Å².